The van der Waals surface area contributed by atoms with E-state index in [0.717, 1.165) is 51.0 Å². The van der Waals surface area contributed by atoms with Crippen molar-refractivity contribution in [3.8, 4) is 0 Å². The summed E-state index contributed by atoms with van der Waals surface area (Å²) in [5.41, 5.74) is 0. The number of carbonyl (C=O) groups excluding carboxylic acids is 1. The number of urea groups is 1. The molecule has 6 heteroatoms. The van der Waals surface area contributed by atoms with Gasteiger partial charge in [-0.3, -0.25) is 0 Å². The van der Waals surface area contributed by atoms with Gasteiger partial charge in [-0.25, -0.2) is 4.79 Å². The summed E-state index contributed by atoms with van der Waals surface area (Å²) in [6.45, 7) is 8.55. The number of likely N-dealkylation sites (tertiary alicyclic amines) is 1. The van der Waals surface area contributed by atoms with Crippen LogP contribution in [0.25, 0.3) is 0 Å². The van der Waals surface area contributed by atoms with Crippen molar-refractivity contribution < 1.29 is 9.32 Å². The number of hydrogen-bond donors (Lipinski definition) is 1. The van der Waals surface area contributed by atoms with Gasteiger partial charge in [-0.05, 0) is 25.7 Å². The largest absolute Gasteiger partial charge is 0.339 e. The zero-order valence-electron chi connectivity index (χ0n) is 14.0. The third-order valence-electron chi connectivity index (χ3n) is 4.37. The Morgan fingerprint density at radius 2 is 2.32 bits per heavy atom. The van der Waals surface area contributed by atoms with Gasteiger partial charge in [0.2, 0.25) is 5.89 Å². The number of rotatable bonds is 6. The lowest BCUT2D eigenvalue weighted by Crippen LogP contribution is -2.45. The predicted molar refractivity (Wildman–Crippen MR) is 84.9 cm³/mol. The molecule has 0 saturated carbocycles. The maximum Gasteiger partial charge on any atom is 0.317 e. The zero-order chi connectivity index (χ0) is 15.9. The Hall–Kier alpha value is -1.59. The number of unbranched alkanes of at least 4 members (excludes halogenated alkanes) is 1. The highest BCUT2D eigenvalue weighted by Crippen LogP contribution is 2.27. The van der Waals surface area contributed by atoms with Gasteiger partial charge in [0.05, 0.1) is 5.92 Å². The van der Waals surface area contributed by atoms with Gasteiger partial charge in [0.25, 0.3) is 0 Å². The second-order valence-electron chi connectivity index (χ2n) is 6.17. The summed E-state index contributed by atoms with van der Waals surface area (Å²) in [5.74, 6) is 1.94. The van der Waals surface area contributed by atoms with Gasteiger partial charge < -0.3 is 14.7 Å². The van der Waals surface area contributed by atoms with Crippen molar-refractivity contribution in [2.75, 3.05) is 19.6 Å². The molecule has 2 heterocycles. The second kappa shape index (κ2) is 8.15. The molecule has 0 unspecified atom stereocenters. The smallest absolute Gasteiger partial charge is 0.317 e. The standard InChI is InChI=1S/C16H28N4O2/c1-4-6-9-17-16(21)20-10-7-8-13(11-20)15-18-14(19-22-15)12(3)5-2/h12-13H,4-11H2,1-3H3,(H,17,21)/t12-,13+/m1/s1. The highest BCUT2D eigenvalue weighted by Gasteiger charge is 2.28. The molecule has 0 aromatic carbocycles. The van der Waals surface area contributed by atoms with Crippen molar-refractivity contribution in [1.82, 2.24) is 20.4 Å². The van der Waals surface area contributed by atoms with E-state index in [0.29, 0.717) is 18.4 Å². The number of carbonyl (C=O) groups is 1. The minimum atomic E-state index is 0.0276. The number of nitrogens with zero attached hydrogens (tertiary/aromatic N) is 3. The summed E-state index contributed by atoms with van der Waals surface area (Å²) in [6.07, 6.45) is 5.08. The van der Waals surface area contributed by atoms with Crippen LogP contribution in [0.15, 0.2) is 4.52 Å². The fourth-order valence-electron chi connectivity index (χ4n) is 2.64. The number of nitrogens with one attached hydrogen (secondary N) is 1. The van der Waals surface area contributed by atoms with Gasteiger partial charge in [0.15, 0.2) is 5.82 Å². The lowest BCUT2D eigenvalue weighted by molar-refractivity contribution is 0.172. The number of amides is 2. The lowest BCUT2D eigenvalue weighted by atomic mass is 9.98. The Bertz CT molecular complexity index is 474. The SMILES string of the molecule is CCCCNC(=O)N1CCC[C@H](c2nc([C@H](C)CC)no2)C1. The molecule has 6 nitrogen and oxygen atoms in total. The minimum Gasteiger partial charge on any atom is -0.339 e. The third kappa shape index (κ3) is 4.21. The van der Waals surface area contributed by atoms with E-state index in [1.54, 1.807) is 0 Å². The van der Waals surface area contributed by atoms with Crippen molar-refractivity contribution in [3.63, 3.8) is 0 Å². The van der Waals surface area contributed by atoms with E-state index in [1.807, 2.05) is 4.90 Å². The molecule has 1 N–H and O–H groups in total. The van der Waals surface area contributed by atoms with E-state index in [9.17, 15) is 4.79 Å². The monoisotopic (exact) mass is 308 g/mol. The molecule has 2 atom stereocenters. The highest BCUT2D eigenvalue weighted by molar-refractivity contribution is 5.74. The summed E-state index contributed by atoms with van der Waals surface area (Å²) in [5, 5.41) is 7.07. The van der Waals surface area contributed by atoms with Crippen LogP contribution < -0.4 is 5.32 Å². The molecule has 1 aromatic heterocycles. The number of hydrogen-bond acceptors (Lipinski definition) is 4. The van der Waals surface area contributed by atoms with Crippen LogP contribution in [-0.2, 0) is 0 Å². The average molecular weight is 308 g/mol. The second-order valence-corrected chi connectivity index (χ2v) is 6.17. The van der Waals surface area contributed by atoms with Crippen molar-refractivity contribution in [2.45, 2.75) is 64.7 Å². The van der Waals surface area contributed by atoms with Gasteiger partial charge in [-0.1, -0.05) is 32.3 Å². The van der Waals surface area contributed by atoms with E-state index in [2.05, 4.69) is 36.2 Å². The lowest BCUT2D eigenvalue weighted by Gasteiger charge is -2.31. The Morgan fingerprint density at radius 3 is 3.05 bits per heavy atom. The molecule has 1 fully saturated rings. The molecule has 0 spiro atoms. The van der Waals surface area contributed by atoms with Gasteiger partial charge in [-0.2, -0.15) is 4.98 Å². The topological polar surface area (TPSA) is 71.3 Å². The summed E-state index contributed by atoms with van der Waals surface area (Å²) < 4.78 is 5.43. The van der Waals surface area contributed by atoms with Gasteiger partial charge in [0, 0.05) is 25.6 Å². The van der Waals surface area contributed by atoms with Crippen LogP contribution in [0.3, 0.4) is 0 Å². The molecular formula is C16H28N4O2. The van der Waals surface area contributed by atoms with E-state index in [-0.39, 0.29) is 11.9 Å². The van der Waals surface area contributed by atoms with E-state index >= 15 is 0 Å². The molecule has 22 heavy (non-hydrogen) atoms. The normalized spacial score (nSPS) is 20.0. The van der Waals surface area contributed by atoms with E-state index in [1.165, 1.54) is 0 Å². The molecule has 0 aliphatic carbocycles. The Kier molecular flexibility index (Phi) is 6.21. The Balaban J connectivity index is 1.92. The maximum atomic E-state index is 12.2. The zero-order valence-corrected chi connectivity index (χ0v) is 14.0. The molecule has 2 rings (SSSR count). The predicted octanol–water partition coefficient (Wildman–Crippen LogP) is 3.27. The van der Waals surface area contributed by atoms with E-state index in [4.69, 9.17) is 4.52 Å². The van der Waals surface area contributed by atoms with Gasteiger partial charge in [0.1, 0.15) is 0 Å². The minimum absolute atomic E-state index is 0.0276. The van der Waals surface area contributed by atoms with Gasteiger partial charge >= 0.3 is 6.03 Å². The first-order valence-electron chi connectivity index (χ1n) is 8.51. The fraction of sp³-hybridized carbons (Fsp3) is 0.812. The average Bonchev–Trinajstić information content (AvgIpc) is 3.04. The quantitative estimate of drug-likeness (QED) is 0.819. The summed E-state index contributed by atoms with van der Waals surface area (Å²) in [4.78, 5) is 18.6. The highest BCUT2D eigenvalue weighted by atomic mass is 16.5. The Labute approximate surface area is 132 Å². The first-order chi connectivity index (χ1) is 10.7. The van der Waals surface area contributed by atoms with Crippen LogP contribution in [0.1, 0.15) is 76.4 Å². The van der Waals surface area contributed by atoms with Crippen molar-refractivity contribution in [2.24, 2.45) is 0 Å². The molecule has 1 aliphatic heterocycles. The van der Waals surface area contributed by atoms with Crippen LogP contribution in [0.5, 0.6) is 0 Å². The van der Waals surface area contributed by atoms with Crippen molar-refractivity contribution in [1.29, 1.82) is 0 Å². The molecule has 0 bridgehead atoms. The number of piperidine rings is 1. The van der Waals surface area contributed by atoms with Crippen LogP contribution >= 0.6 is 0 Å². The molecule has 1 aliphatic rings. The fourth-order valence-corrected chi connectivity index (χ4v) is 2.64. The molecular weight excluding hydrogens is 280 g/mol. The third-order valence-corrected chi connectivity index (χ3v) is 4.37. The van der Waals surface area contributed by atoms with Crippen molar-refractivity contribution >= 4 is 6.03 Å². The molecule has 1 aromatic rings. The van der Waals surface area contributed by atoms with Crippen LogP contribution in [0, 0.1) is 0 Å². The first kappa shape index (κ1) is 16.8. The van der Waals surface area contributed by atoms with Crippen molar-refractivity contribution in [3.05, 3.63) is 11.7 Å². The first-order valence-corrected chi connectivity index (χ1v) is 8.51. The van der Waals surface area contributed by atoms with E-state index < -0.39 is 0 Å². The molecule has 2 amide bonds. The van der Waals surface area contributed by atoms with Crippen LogP contribution in [-0.4, -0.2) is 40.7 Å². The van der Waals surface area contributed by atoms with Crippen LogP contribution in [0.2, 0.25) is 0 Å². The molecule has 0 radical (unpaired) electrons. The van der Waals surface area contributed by atoms with Gasteiger partial charge in [-0.15, -0.1) is 0 Å². The summed E-state index contributed by atoms with van der Waals surface area (Å²) in [7, 11) is 0. The van der Waals surface area contributed by atoms with Crippen LogP contribution in [0.4, 0.5) is 4.79 Å². The molecule has 124 valence electrons. The Morgan fingerprint density at radius 1 is 1.50 bits per heavy atom. The summed E-state index contributed by atoms with van der Waals surface area (Å²) in [6, 6.07) is 0.0276. The molecule has 1 saturated heterocycles. The summed E-state index contributed by atoms with van der Waals surface area (Å²) >= 11 is 0. The number of aromatic nitrogens is 2. The maximum absolute atomic E-state index is 12.2.